The van der Waals surface area contributed by atoms with Crippen molar-refractivity contribution in [2.24, 2.45) is 0 Å². The molecule has 1 atom stereocenters. The van der Waals surface area contributed by atoms with E-state index in [0.717, 1.165) is 6.54 Å². The van der Waals surface area contributed by atoms with Crippen LogP contribution in [0.5, 0.6) is 0 Å². The molecule has 112 valence electrons. The lowest BCUT2D eigenvalue weighted by atomic mass is 10.2. The zero-order valence-electron chi connectivity index (χ0n) is 12.1. The van der Waals surface area contributed by atoms with Crippen LogP contribution in [0.25, 0.3) is 0 Å². The number of rotatable bonds is 8. The van der Waals surface area contributed by atoms with Gasteiger partial charge in [-0.1, -0.05) is 18.2 Å². The maximum Gasteiger partial charge on any atom is 0.234 e. The molecule has 1 N–H and O–H groups in total. The van der Waals surface area contributed by atoms with Crippen LogP contribution >= 0.6 is 22.7 Å². The SMILES string of the molecule is C=CCN(CC(=O)NC(C)c1cccs1)Cc1cccs1. The lowest BCUT2D eigenvalue weighted by Crippen LogP contribution is -2.37. The first-order valence-corrected chi connectivity index (χ1v) is 8.63. The lowest BCUT2D eigenvalue weighted by molar-refractivity contribution is -0.122. The van der Waals surface area contributed by atoms with E-state index in [1.54, 1.807) is 22.7 Å². The molecule has 0 saturated heterocycles. The standard InChI is InChI=1S/C16H20N2OS2/c1-3-8-18(11-14-6-4-9-20-14)12-16(19)17-13(2)15-7-5-10-21-15/h3-7,9-10,13H,1,8,11-12H2,2H3,(H,17,19). The quantitative estimate of drug-likeness (QED) is 0.753. The van der Waals surface area contributed by atoms with Gasteiger partial charge in [-0.05, 0) is 29.8 Å². The molecule has 0 saturated carbocycles. The second-order valence-corrected chi connectivity index (χ2v) is 6.85. The lowest BCUT2D eigenvalue weighted by Gasteiger charge is -2.21. The zero-order valence-corrected chi connectivity index (χ0v) is 13.8. The summed E-state index contributed by atoms with van der Waals surface area (Å²) in [7, 11) is 0. The predicted molar refractivity (Wildman–Crippen MR) is 90.7 cm³/mol. The Kier molecular flexibility index (Phi) is 6.17. The Morgan fingerprint density at radius 2 is 2.14 bits per heavy atom. The minimum absolute atomic E-state index is 0.0503. The molecule has 2 rings (SSSR count). The summed E-state index contributed by atoms with van der Waals surface area (Å²) in [5.41, 5.74) is 0. The average molecular weight is 320 g/mol. The van der Waals surface area contributed by atoms with Crippen LogP contribution in [-0.4, -0.2) is 23.9 Å². The van der Waals surface area contributed by atoms with Gasteiger partial charge in [0.2, 0.25) is 5.91 Å². The Labute approximate surface area is 133 Å². The number of carbonyl (C=O) groups excluding carboxylic acids is 1. The monoisotopic (exact) mass is 320 g/mol. The topological polar surface area (TPSA) is 32.3 Å². The molecule has 2 heterocycles. The van der Waals surface area contributed by atoms with Crippen molar-refractivity contribution in [1.29, 1.82) is 0 Å². The van der Waals surface area contributed by atoms with Crippen LogP contribution in [0, 0.1) is 0 Å². The molecular weight excluding hydrogens is 300 g/mol. The molecule has 0 aliphatic rings. The first kappa shape index (κ1) is 15.9. The molecule has 2 aromatic rings. The van der Waals surface area contributed by atoms with Crippen molar-refractivity contribution in [3.05, 3.63) is 57.4 Å². The van der Waals surface area contributed by atoms with E-state index in [1.165, 1.54) is 9.75 Å². The van der Waals surface area contributed by atoms with Crippen LogP contribution in [0.1, 0.15) is 22.7 Å². The van der Waals surface area contributed by atoms with Crippen molar-refractivity contribution < 1.29 is 4.79 Å². The molecule has 1 unspecified atom stereocenters. The molecule has 0 fully saturated rings. The molecule has 0 bridgehead atoms. The predicted octanol–water partition coefficient (Wildman–Crippen LogP) is 3.68. The fourth-order valence-electron chi connectivity index (χ4n) is 2.09. The number of thiophene rings is 2. The molecule has 1 amide bonds. The average Bonchev–Trinajstić information content (AvgIpc) is 3.11. The third kappa shape index (κ3) is 5.12. The van der Waals surface area contributed by atoms with Crippen molar-refractivity contribution in [2.75, 3.05) is 13.1 Å². The summed E-state index contributed by atoms with van der Waals surface area (Å²) in [5.74, 6) is 0.0503. The molecule has 0 spiro atoms. The van der Waals surface area contributed by atoms with Gasteiger partial charge < -0.3 is 5.32 Å². The largest absolute Gasteiger partial charge is 0.348 e. The minimum atomic E-state index is 0.0503. The third-order valence-electron chi connectivity index (χ3n) is 3.06. The van der Waals surface area contributed by atoms with Crippen molar-refractivity contribution in [3.8, 4) is 0 Å². The van der Waals surface area contributed by atoms with Gasteiger partial charge >= 0.3 is 0 Å². The summed E-state index contributed by atoms with van der Waals surface area (Å²) in [6.07, 6.45) is 1.84. The van der Waals surface area contributed by atoms with Gasteiger partial charge in [0, 0.05) is 22.8 Å². The molecule has 21 heavy (non-hydrogen) atoms. The van der Waals surface area contributed by atoms with E-state index in [4.69, 9.17) is 0 Å². The van der Waals surface area contributed by atoms with Gasteiger partial charge in [-0.15, -0.1) is 29.3 Å². The second-order valence-electron chi connectivity index (χ2n) is 4.84. The van der Waals surface area contributed by atoms with Crippen molar-refractivity contribution in [3.63, 3.8) is 0 Å². The summed E-state index contributed by atoms with van der Waals surface area (Å²) in [6.45, 7) is 7.66. The maximum absolute atomic E-state index is 12.2. The molecule has 0 radical (unpaired) electrons. The molecule has 2 aromatic heterocycles. The van der Waals surface area contributed by atoms with Gasteiger partial charge in [0.15, 0.2) is 0 Å². The Bertz CT molecular complexity index is 549. The first-order chi connectivity index (χ1) is 10.2. The van der Waals surface area contributed by atoms with Crippen molar-refractivity contribution in [1.82, 2.24) is 10.2 Å². The van der Waals surface area contributed by atoms with Crippen LogP contribution in [0.4, 0.5) is 0 Å². The number of nitrogens with one attached hydrogen (secondary N) is 1. The van der Waals surface area contributed by atoms with Crippen molar-refractivity contribution >= 4 is 28.6 Å². The smallest absolute Gasteiger partial charge is 0.234 e. The van der Waals surface area contributed by atoms with Crippen LogP contribution in [0.3, 0.4) is 0 Å². The van der Waals surface area contributed by atoms with Gasteiger partial charge in [0.25, 0.3) is 0 Å². The summed E-state index contributed by atoms with van der Waals surface area (Å²) >= 11 is 3.37. The van der Waals surface area contributed by atoms with Gasteiger partial charge in [0.05, 0.1) is 12.6 Å². The maximum atomic E-state index is 12.2. The Morgan fingerprint density at radius 1 is 1.38 bits per heavy atom. The number of hydrogen-bond acceptors (Lipinski definition) is 4. The molecule has 5 heteroatoms. The summed E-state index contributed by atoms with van der Waals surface area (Å²) in [6, 6.07) is 8.23. The summed E-state index contributed by atoms with van der Waals surface area (Å²) < 4.78 is 0. The van der Waals surface area contributed by atoms with Crippen LogP contribution in [0.2, 0.25) is 0 Å². The minimum Gasteiger partial charge on any atom is -0.348 e. The zero-order chi connectivity index (χ0) is 15.1. The second kappa shape index (κ2) is 8.12. The summed E-state index contributed by atoms with van der Waals surface area (Å²) in [4.78, 5) is 16.7. The van der Waals surface area contributed by atoms with E-state index in [9.17, 15) is 4.79 Å². The van der Waals surface area contributed by atoms with E-state index in [-0.39, 0.29) is 11.9 Å². The Balaban J connectivity index is 1.87. The van der Waals surface area contributed by atoms with Crippen molar-refractivity contribution in [2.45, 2.75) is 19.5 Å². The number of amides is 1. The van der Waals surface area contributed by atoms with Gasteiger partial charge in [0.1, 0.15) is 0 Å². The molecule has 0 aliphatic heterocycles. The van der Waals surface area contributed by atoms with Gasteiger partial charge in [-0.25, -0.2) is 0 Å². The fraction of sp³-hybridized carbons (Fsp3) is 0.312. The van der Waals surface area contributed by atoms with E-state index in [0.29, 0.717) is 13.1 Å². The van der Waals surface area contributed by atoms with Crippen LogP contribution in [-0.2, 0) is 11.3 Å². The summed E-state index contributed by atoms with van der Waals surface area (Å²) in [5, 5.41) is 7.13. The number of hydrogen-bond donors (Lipinski definition) is 1. The Morgan fingerprint density at radius 3 is 2.76 bits per heavy atom. The molecule has 3 nitrogen and oxygen atoms in total. The number of nitrogens with zero attached hydrogens (tertiary/aromatic N) is 1. The first-order valence-electron chi connectivity index (χ1n) is 6.87. The van der Waals surface area contributed by atoms with E-state index < -0.39 is 0 Å². The van der Waals surface area contributed by atoms with Gasteiger partial charge in [-0.3, -0.25) is 9.69 Å². The Hall–Kier alpha value is -1.43. The third-order valence-corrected chi connectivity index (χ3v) is 4.98. The van der Waals surface area contributed by atoms with E-state index >= 15 is 0 Å². The van der Waals surface area contributed by atoms with Crippen LogP contribution in [0.15, 0.2) is 47.7 Å². The highest BCUT2D eigenvalue weighted by molar-refractivity contribution is 7.10. The van der Waals surface area contributed by atoms with Crippen LogP contribution < -0.4 is 5.32 Å². The molecular formula is C16H20N2OS2. The highest BCUT2D eigenvalue weighted by Gasteiger charge is 2.14. The van der Waals surface area contributed by atoms with E-state index in [2.05, 4.69) is 28.2 Å². The number of carbonyl (C=O) groups is 1. The molecule has 0 aromatic carbocycles. The fourth-order valence-corrected chi connectivity index (χ4v) is 3.57. The highest BCUT2D eigenvalue weighted by Crippen LogP contribution is 2.18. The molecule has 0 aliphatic carbocycles. The highest BCUT2D eigenvalue weighted by atomic mass is 32.1. The van der Waals surface area contributed by atoms with Gasteiger partial charge in [-0.2, -0.15) is 0 Å². The normalized spacial score (nSPS) is 12.3. The van der Waals surface area contributed by atoms with E-state index in [1.807, 2.05) is 36.6 Å².